The molecule has 0 radical (unpaired) electrons. The van der Waals surface area contributed by atoms with Crippen LogP contribution in [0, 0.1) is 0 Å². The smallest absolute Gasteiger partial charge is 0.268 e. The molecule has 1 aliphatic heterocycles. The minimum atomic E-state index is -3.73. The van der Waals surface area contributed by atoms with Crippen molar-refractivity contribution in [1.29, 1.82) is 0 Å². The molecule has 27 heavy (non-hydrogen) atoms. The largest absolute Gasteiger partial charge is 0.495 e. The van der Waals surface area contributed by atoms with E-state index in [9.17, 15) is 8.42 Å². The van der Waals surface area contributed by atoms with Crippen LogP contribution in [0.5, 0.6) is 5.75 Å². The Morgan fingerprint density at radius 2 is 1.85 bits per heavy atom. The van der Waals surface area contributed by atoms with E-state index in [-0.39, 0.29) is 4.90 Å². The van der Waals surface area contributed by atoms with Crippen molar-refractivity contribution in [2.45, 2.75) is 4.90 Å². The van der Waals surface area contributed by atoms with Crippen molar-refractivity contribution in [3.63, 3.8) is 0 Å². The lowest BCUT2D eigenvalue weighted by Gasteiger charge is -2.30. The van der Waals surface area contributed by atoms with Gasteiger partial charge in [0.05, 0.1) is 23.2 Å². The molecule has 4 rings (SSSR count). The van der Waals surface area contributed by atoms with E-state index in [2.05, 4.69) is 26.1 Å². The minimum absolute atomic E-state index is 0.245. The van der Waals surface area contributed by atoms with Gasteiger partial charge >= 0.3 is 0 Å². The summed E-state index contributed by atoms with van der Waals surface area (Å²) in [6, 6.07) is 12.5. The summed E-state index contributed by atoms with van der Waals surface area (Å²) in [5.74, 6) is 0.677. The molecule has 2 aromatic carbocycles. The number of fused-ring (bicyclic) bond motifs is 1. The summed E-state index contributed by atoms with van der Waals surface area (Å²) in [5.41, 5.74) is 1.45. The lowest BCUT2D eigenvalue weighted by molar-refractivity contribution is 0.412. The van der Waals surface area contributed by atoms with Crippen LogP contribution >= 0.6 is 15.9 Å². The zero-order valence-electron chi connectivity index (χ0n) is 14.9. The molecule has 0 aliphatic carbocycles. The second kappa shape index (κ2) is 7.18. The number of rotatable bonds is 4. The SMILES string of the molecule is COc1ccc(S(=O)(=O)n2ccc3ccc(Br)cc32)cc1N1CCNCC1. The lowest BCUT2D eigenvalue weighted by Crippen LogP contribution is -2.43. The van der Waals surface area contributed by atoms with E-state index in [1.807, 2.05) is 18.2 Å². The van der Waals surface area contributed by atoms with E-state index >= 15 is 0 Å². The van der Waals surface area contributed by atoms with E-state index in [0.717, 1.165) is 41.7 Å². The fraction of sp³-hybridized carbons (Fsp3) is 0.263. The highest BCUT2D eigenvalue weighted by atomic mass is 79.9. The summed E-state index contributed by atoms with van der Waals surface area (Å²) >= 11 is 3.42. The first-order valence-electron chi connectivity index (χ1n) is 8.66. The number of aromatic nitrogens is 1. The van der Waals surface area contributed by atoms with Gasteiger partial charge in [0.15, 0.2) is 0 Å². The number of methoxy groups -OCH3 is 1. The Bertz CT molecular complexity index is 1090. The van der Waals surface area contributed by atoms with Crippen molar-refractivity contribution in [2.24, 2.45) is 0 Å². The van der Waals surface area contributed by atoms with Crippen LogP contribution in [0.15, 0.2) is 58.0 Å². The molecule has 0 unspecified atom stereocenters. The average Bonchev–Trinajstić information content (AvgIpc) is 3.12. The molecule has 1 aromatic heterocycles. The molecule has 1 N–H and O–H groups in total. The number of piperazine rings is 1. The lowest BCUT2D eigenvalue weighted by atomic mass is 10.2. The number of halogens is 1. The van der Waals surface area contributed by atoms with Crippen LogP contribution in [0.1, 0.15) is 0 Å². The third kappa shape index (κ3) is 3.33. The summed E-state index contributed by atoms with van der Waals surface area (Å²) < 4.78 is 34.3. The fourth-order valence-electron chi connectivity index (χ4n) is 3.38. The molecule has 0 saturated carbocycles. The second-order valence-corrected chi connectivity index (χ2v) is 9.12. The number of ether oxygens (including phenoxy) is 1. The van der Waals surface area contributed by atoms with Gasteiger partial charge in [0.25, 0.3) is 10.0 Å². The number of hydrogen-bond donors (Lipinski definition) is 1. The molecule has 0 bridgehead atoms. The van der Waals surface area contributed by atoms with E-state index < -0.39 is 10.0 Å². The second-order valence-electron chi connectivity index (χ2n) is 6.39. The van der Waals surface area contributed by atoms with Gasteiger partial charge in [-0.15, -0.1) is 0 Å². The van der Waals surface area contributed by atoms with Gasteiger partial charge in [0.2, 0.25) is 0 Å². The molecule has 8 heteroatoms. The van der Waals surface area contributed by atoms with Crippen molar-refractivity contribution in [3.05, 3.63) is 53.1 Å². The predicted octanol–water partition coefficient (Wildman–Crippen LogP) is 3.06. The van der Waals surface area contributed by atoms with Crippen molar-refractivity contribution < 1.29 is 13.2 Å². The minimum Gasteiger partial charge on any atom is -0.495 e. The first-order chi connectivity index (χ1) is 13.0. The summed E-state index contributed by atoms with van der Waals surface area (Å²) in [7, 11) is -2.12. The Morgan fingerprint density at radius 3 is 2.59 bits per heavy atom. The van der Waals surface area contributed by atoms with Crippen molar-refractivity contribution in [1.82, 2.24) is 9.29 Å². The Morgan fingerprint density at radius 1 is 1.07 bits per heavy atom. The van der Waals surface area contributed by atoms with Crippen LogP contribution in [-0.2, 0) is 10.0 Å². The molecule has 3 aromatic rings. The van der Waals surface area contributed by atoms with Gasteiger partial charge in [-0.05, 0) is 36.4 Å². The van der Waals surface area contributed by atoms with Crippen LogP contribution < -0.4 is 15.0 Å². The van der Waals surface area contributed by atoms with Gasteiger partial charge in [-0.2, -0.15) is 0 Å². The van der Waals surface area contributed by atoms with Gasteiger partial charge in [0.1, 0.15) is 5.75 Å². The monoisotopic (exact) mass is 449 g/mol. The Balaban J connectivity index is 1.82. The van der Waals surface area contributed by atoms with Gasteiger partial charge in [-0.25, -0.2) is 12.4 Å². The molecule has 1 fully saturated rings. The molecule has 1 saturated heterocycles. The first-order valence-corrected chi connectivity index (χ1v) is 10.9. The van der Waals surface area contributed by atoms with Gasteiger partial charge in [-0.3, -0.25) is 0 Å². The molecule has 6 nitrogen and oxygen atoms in total. The maximum absolute atomic E-state index is 13.3. The number of anilines is 1. The van der Waals surface area contributed by atoms with E-state index in [1.165, 1.54) is 3.97 Å². The summed E-state index contributed by atoms with van der Waals surface area (Å²) in [6.07, 6.45) is 1.60. The number of nitrogens with one attached hydrogen (secondary N) is 1. The zero-order valence-corrected chi connectivity index (χ0v) is 17.3. The Hall–Kier alpha value is -2.03. The molecule has 0 spiro atoms. The van der Waals surface area contributed by atoms with Crippen LogP contribution in [0.4, 0.5) is 5.69 Å². The van der Waals surface area contributed by atoms with E-state index in [0.29, 0.717) is 11.3 Å². The number of nitrogens with zero attached hydrogens (tertiary/aromatic N) is 2. The van der Waals surface area contributed by atoms with Gasteiger partial charge < -0.3 is 15.0 Å². The number of hydrogen-bond acceptors (Lipinski definition) is 5. The summed E-state index contributed by atoms with van der Waals surface area (Å²) in [4.78, 5) is 2.40. The topological polar surface area (TPSA) is 63.6 Å². The normalized spacial score (nSPS) is 15.3. The Kier molecular flexibility index (Phi) is 4.88. The van der Waals surface area contributed by atoms with Gasteiger partial charge in [0, 0.05) is 42.2 Å². The molecule has 2 heterocycles. The standard InChI is InChI=1S/C19H20BrN3O3S/c1-26-19-5-4-16(13-18(19)22-10-7-21-8-11-22)27(24,25)23-9-6-14-2-3-15(20)12-17(14)23/h2-6,9,12-13,21H,7-8,10-11H2,1H3. The maximum atomic E-state index is 13.3. The van der Waals surface area contributed by atoms with Crippen LogP contribution in [0.2, 0.25) is 0 Å². The zero-order chi connectivity index (χ0) is 19.0. The molecule has 0 atom stereocenters. The van der Waals surface area contributed by atoms with Gasteiger partial charge in [-0.1, -0.05) is 22.0 Å². The van der Waals surface area contributed by atoms with E-state index in [1.54, 1.807) is 37.6 Å². The fourth-order valence-corrected chi connectivity index (χ4v) is 5.10. The average molecular weight is 450 g/mol. The Labute approximate surface area is 166 Å². The van der Waals surface area contributed by atoms with E-state index in [4.69, 9.17) is 4.74 Å². The summed E-state index contributed by atoms with van der Waals surface area (Å²) in [5, 5.41) is 4.18. The predicted molar refractivity (Wildman–Crippen MR) is 110 cm³/mol. The first kappa shape index (κ1) is 18.3. The molecule has 142 valence electrons. The quantitative estimate of drug-likeness (QED) is 0.662. The highest BCUT2D eigenvalue weighted by molar-refractivity contribution is 9.10. The molecule has 1 aliphatic rings. The maximum Gasteiger partial charge on any atom is 0.268 e. The van der Waals surface area contributed by atoms with Crippen LogP contribution in [0.25, 0.3) is 10.9 Å². The molecule has 0 amide bonds. The molecular weight excluding hydrogens is 430 g/mol. The highest BCUT2D eigenvalue weighted by Gasteiger charge is 2.23. The van der Waals surface area contributed by atoms with Crippen LogP contribution in [-0.4, -0.2) is 45.7 Å². The highest BCUT2D eigenvalue weighted by Crippen LogP contribution is 2.33. The summed E-state index contributed by atoms with van der Waals surface area (Å²) in [6.45, 7) is 3.32. The number of benzene rings is 2. The van der Waals surface area contributed by atoms with Crippen molar-refractivity contribution >= 4 is 42.5 Å². The van der Waals surface area contributed by atoms with Crippen molar-refractivity contribution in [2.75, 3.05) is 38.2 Å². The molecular formula is C19H20BrN3O3S. The third-order valence-electron chi connectivity index (χ3n) is 4.78. The van der Waals surface area contributed by atoms with Crippen molar-refractivity contribution in [3.8, 4) is 5.75 Å². The van der Waals surface area contributed by atoms with Crippen LogP contribution in [0.3, 0.4) is 0 Å². The third-order valence-corrected chi connectivity index (χ3v) is 6.96.